The van der Waals surface area contributed by atoms with E-state index in [4.69, 9.17) is 4.43 Å². The van der Waals surface area contributed by atoms with E-state index < -0.39 is 0 Å². The number of hydrogen-bond donors (Lipinski definition) is 0. The Balaban J connectivity index is 2.20. The molecule has 0 bridgehead atoms. The van der Waals surface area contributed by atoms with Gasteiger partial charge >= 0.3 is 0 Å². The standard InChI is InChI=1S/C11H18OSi/c1-3-10(2)13-12-9-11-7-5-4-6-8-11/h4-8,10H,3,9,13H2,1-2H3. The normalized spacial score (nSPS) is 13.7. The lowest BCUT2D eigenvalue weighted by Gasteiger charge is -2.08. The molecule has 0 heterocycles. The summed E-state index contributed by atoms with van der Waals surface area (Å²) in [7, 11) is -0.308. The molecule has 0 amide bonds. The molecule has 0 aliphatic rings. The van der Waals surface area contributed by atoms with Crippen molar-refractivity contribution in [3.63, 3.8) is 0 Å². The largest absolute Gasteiger partial charge is 0.419 e. The van der Waals surface area contributed by atoms with E-state index in [0.29, 0.717) is 0 Å². The van der Waals surface area contributed by atoms with Gasteiger partial charge in [-0.25, -0.2) is 0 Å². The second-order valence-electron chi connectivity index (χ2n) is 3.51. The van der Waals surface area contributed by atoms with Crippen LogP contribution in [-0.4, -0.2) is 9.76 Å². The quantitative estimate of drug-likeness (QED) is 0.654. The van der Waals surface area contributed by atoms with E-state index in [9.17, 15) is 0 Å². The van der Waals surface area contributed by atoms with Gasteiger partial charge < -0.3 is 4.43 Å². The average Bonchev–Trinajstić information content (AvgIpc) is 2.19. The second kappa shape index (κ2) is 5.94. The van der Waals surface area contributed by atoms with Crippen molar-refractivity contribution in [3.8, 4) is 0 Å². The average molecular weight is 194 g/mol. The molecule has 1 aromatic carbocycles. The summed E-state index contributed by atoms with van der Waals surface area (Å²) in [5, 5.41) is 0. The Hall–Kier alpha value is -0.603. The van der Waals surface area contributed by atoms with Crippen molar-refractivity contribution in [2.24, 2.45) is 0 Å². The molecule has 72 valence electrons. The van der Waals surface area contributed by atoms with Crippen LogP contribution >= 0.6 is 0 Å². The Bertz CT molecular complexity index is 223. The van der Waals surface area contributed by atoms with Crippen LogP contribution < -0.4 is 0 Å². The summed E-state index contributed by atoms with van der Waals surface area (Å²) in [6.45, 7) is 5.30. The lowest BCUT2D eigenvalue weighted by Crippen LogP contribution is -2.04. The van der Waals surface area contributed by atoms with Crippen molar-refractivity contribution in [1.82, 2.24) is 0 Å². The molecule has 0 aromatic heterocycles. The van der Waals surface area contributed by atoms with Crippen molar-refractivity contribution in [1.29, 1.82) is 0 Å². The first-order valence-corrected chi connectivity index (χ1v) is 6.34. The lowest BCUT2D eigenvalue weighted by molar-refractivity contribution is 0.317. The topological polar surface area (TPSA) is 9.23 Å². The highest BCUT2D eigenvalue weighted by atomic mass is 28.2. The molecular weight excluding hydrogens is 176 g/mol. The maximum Gasteiger partial charge on any atom is 0.164 e. The Morgan fingerprint density at radius 3 is 2.62 bits per heavy atom. The van der Waals surface area contributed by atoms with Gasteiger partial charge in [0.1, 0.15) is 0 Å². The first-order valence-electron chi connectivity index (χ1n) is 4.94. The number of rotatable bonds is 5. The fourth-order valence-corrected chi connectivity index (χ4v) is 2.06. The van der Waals surface area contributed by atoms with Crippen LogP contribution in [-0.2, 0) is 11.0 Å². The molecule has 0 aliphatic carbocycles. The Labute approximate surface area is 83.1 Å². The molecular formula is C11H18OSi. The molecule has 1 aromatic rings. The Morgan fingerprint density at radius 2 is 2.00 bits per heavy atom. The van der Waals surface area contributed by atoms with E-state index in [0.717, 1.165) is 12.1 Å². The smallest absolute Gasteiger partial charge is 0.164 e. The van der Waals surface area contributed by atoms with Crippen molar-refractivity contribution in [3.05, 3.63) is 35.9 Å². The van der Waals surface area contributed by atoms with Crippen molar-refractivity contribution in [2.45, 2.75) is 32.4 Å². The SMILES string of the molecule is CCC(C)[SiH2]OCc1ccccc1. The molecule has 1 atom stereocenters. The predicted octanol–water partition coefficient (Wildman–Crippen LogP) is 2.51. The molecule has 13 heavy (non-hydrogen) atoms. The minimum absolute atomic E-state index is 0.308. The summed E-state index contributed by atoms with van der Waals surface area (Å²) in [6, 6.07) is 10.4. The van der Waals surface area contributed by atoms with Gasteiger partial charge in [0.05, 0.1) is 6.61 Å². The molecule has 0 saturated carbocycles. The van der Waals surface area contributed by atoms with Gasteiger partial charge in [0.2, 0.25) is 0 Å². The third kappa shape index (κ3) is 4.25. The zero-order valence-corrected chi connectivity index (χ0v) is 9.91. The van der Waals surface area contributed by atoms with Gasteiger partial charge in [0, 0.05) is 0 Å². The summed E-state index contributed by atoms with van der Waals surface area (Å²) in [5.41, 5.74) is 2.10. The maximum atomic E-state index is 5.71. The van der Waals surface area contributed by atoms with Crippen molar-refractivity contribution >= 4 is 9.76 Å². The zero-order chi connectivity index (χ0) is 9.52. The van der Waals surface area contributed by atoms with Gasteiger partial charge in [-0.15, -0.1) is 0 Å². The minimum Gasteiger partial charge on any atom is -0.419 e. The third-order valence-electron chi connectivity index (χ3n) is 2.21. The van der Waals surface area contributed by atoms with Crippen LogP contribution in [0.15, 0.2) is 30.3 Å². The molecule has 0 spiro atoms. The van der Waals surface area contributed by atoms with E-state index in [1.54, 1.807) is 0 Å². The van der Waals surface area contributed by atoms with E-state index in [-0.39, 0.29) is 9.76 Å². The van der Waals surface area contributed by atoms with Gasteiger partial charge in [0.15, 0.2) is 9.76 Å². The van der Waals surface area contributed by atoms with Crippen LogP contribution in [0, 0.1) is 0 Å². The third-order valence-corrected chi connectivity index (χ3v) is 3.80. The number of hydrogen-bond acceptors (Lipinski definition) is 1. The highest BCUT2D eigenvalue weighted by Gasteiger charge is 1.99. The van der Waals surface area contributed by atoms with E-state index in [1.165, 1.54) is 12.0 Å². The van der Waals surface area contributed by atoms with Gasteiger partial charge in [-0.3, -0.25) is 0 Å². The summed E-state index contributed by atoms with van der Waals surface area (Å²) in [6.07, 6.45) is 1.25. The van der Waals surface area contributed by atoms with Crippen LogP contribution in [0.2, 0.25) is 5.54 Å². The molecule has 0 aliphatic heterocycles. The van der Waals surface area contributed by atoms with Crippen LogP contribution in [0.1, 0.15) is 25.8 Å². The molecule has 1 unspecified atom stereocenters. The minimum atomic E-state index is -0.308. The van der Waals surface area contributed by atoms with Gasteiger partial charge in [-0.05, 0) is 11.1 Å². The highest BCUT2D eigenvalue weighted by molar-refractivity contribution is 6.29. The molecule has 1 rings (SSSR count). The first kappa shape index (κ1) is 10.5. The van der Waals surface area contributed by atoms with Gasteiger partial charge in [-0.1, -0.05) is 50.6 Å². The van der Waals surface area contributed by atoms with Gasteiger partial charge in [-0.2, -0.15) is 0 Å². The van der Waals surface area contributed by atoms with Crippen molar-refractivity contribution in [2.75, 3.05) is 0 Å². The molecule has 1 nitrogen and oxygen atoms in total. The van der Waals surface area contributed by atoms with Crippen LogP contribution in [0.3, 0.4) is 0 Å². The Morgan fingerprint density at radius 1 is 1.31 bits per heavy atom. The zero-order valence-electron chi connectivity index (χ0n) is 8.49. The van der Waals surface area contributed by atoms with E-state index in [1.807, 2.05) is 6.07 Å². The molecule has 0 radical (unpaired) electrons. The Kier molecular flexibility index (Phi) is 4.79. The summed E-state index contributed by atoms with van der Waals surface area (Å²) < 4.78 is 5.71. The molecule has 2 heteroatoms. The van der Waals surface area contributed by atoms with E-state index in [2.05, 4.69) is 38.1 Å². The number of benzene rings is 1. The predicted molar refractivity (Wildman–Crippen MR) is 59.5 cm³/mol. The van der Waals surface area contributed by atoms with Gasteiger partial charge in [0.25, 0.3) is 0 Å². The van der Waals surface area contributed by atoms with Crippen LogP contribution in [0.5, 0.6) is 0 Å². The van der Waals surface area contributed by atoms with Crippen LogP contribution in [0.25, 0.3) is 0 Å². The molecule has 0 saturated heterocycles. The van der Waals surface area contributed by atoms with Crippen LogP contribution in [0.4, 0.5) is 0 Å². The molecule has 0 fully saturated rings. The fraction of sp³-hybridized carbons (Fsp3) is 0.455. The summed E-state index contributed by atoms with van der Waals surface area (Å²) in [5.74, 6) is 0. The monoisotopic (exact) mass is 194 g/mol. The maximum absolute atomic E-state index is 5.71. The highest BCUT2D eigenvalue weighted by Crippen LogP contribution is 2.07. The molecule has 0 N–H and O–H groups in total. The fourth-order valence-electron chi connectivity index (χ4n) is 1.07. The summed E-state index contributed by atoms with van der Waals surface area (Å²) in [4.78, 5) is 0. The van der Waals surface area contributed by atoms with E-state index >= 15 is 0 Å². The summed E-state index contributed by atoms with van der Waals surface area (Å²) >= 11 is 0. The lowest BCUT2D eigenvalue weighted by atomic mass is 10.2. The first-order chi connectivity index (χ1) is 6.33. The van der Waals surface area contributed by atoms with Crippen molar-refractivity contribution < 1.29 is 4.43 Å². The second-order valence-corrected chi connectivity index (χ2v) is 5.65.